The van der Waals surface area contributed by atoms with Crippen LogP contribution in [0.1, 0.15) is 24.8 Å². The minimum absolute atomic E-state index is 0.106. The average molecular weight is 328 g/mol. The van der Waals surface area contributed by atoms with Gasteiger partial charge in [0.05, 0.1) is 4.34 Å². The Balaban J connectivity index is 2.32. The Morgan fingerprint density at radius 3 is 2.56 bits per heavy atom. The van der Waals surface area contributed by atoms with Crippen LogP contribution in [0.2, 0.25) is 4.34 Å². The molecule has 1 aliphatic rings. The molecule has 1 heterocycles. The molecule has 1 aromatic heterocycles. The number of rotatable bonds is 5. The first kappa shape index (κ1) is 14.6. The van der Waals surface area contributed by atoms with Gasteiger partial charge in [0.15, 0.2) is 0 Å². The smallest absolute Gasteiger partial charge is 0.206 e. The summed E-state index contributed by atoms with van der Waals surface area (Å²) in [6.07, 6.45) is 2.94. The lowest BCUT2D eigenvalue weighted by atomic mass is 9.93. The van der Waals surface area contributed by atoms with E-state index in [1.54, 1.807) is 6.07 Å². The van der Waals surface area contributed by atoms with Crippen LogP contribution in [0.4, 0.5) is 0 Å². The van der Waals surface area contributed by atoms with Crippen LogP contribution < -0.4 is 0 Å². The monoisotopic (exact) mass is 327 g/mol. The van der Waals surface area contributed by atoms with Crippen LogP contribution in [-0.4, -0.2) is 31.2 Å². The molecule has 102 valence electrons. The lowest BCUT2D eigenvalue weighted by molar-refractivity contribution is 0.228. The molecule has 3 nitrogen and oxygen atoms in total. The van der Waals surface area contributed by atoms with Crippen LogP contribution in [0.3, 0.4) is 0 Å². The van der Waals surface area contributed by atoms with E-state index >= 15 is 0 Å². The topological polar surface area (TPSA) is 37.4 Å². The van der Waals surface area contributed by atoms with E-state index in [9.17, 15) is 8.42 Å². The Hall–Kier alpha value is 0.190. The van der Waals surface area contributed by atoms with E-state index in [2.05, 4.69) is 0 Å². The van der Waals surface area contributed by atoms with Crippen molar-refractivity contribution in [1.82, 2.24) is 4.31 Å². The highest BCUT2D eigenvalue weighted by Gasteiger charge is 2.35. The number of thiophene rings is 1. The van der Waals surface area contributed by atoms with Gasteiger partial charge in [0.25, 0.3) is 10.0 Å². The van der Waals surface area contributed by atoms with Gasteiger partial charge in [-0.15, -0.1) is 22.9 Å². The summed E-state index contributed by atoms with van der Waals surface area (Å²) >= 11 is 12.8. The Labute approximate surface area is 122 Å². The van der Waals surface area contributed by atoms with E-state index in [0.717, 1.165) is 36.2 Å². The van der Waals surface area contributed by atoms with E-state index in [-0.39, 0.29) is 6.04 Å². The van der Waals surface area contributed by atoms with E-state index < -0.39 is 10.0 Å². The summed E-state index contributed by atoms with van der Waals surface area (Å²) in [7, 11) is -3.44. The number of nitrogens with zero attached hydrogens (tertiary/aromatic N) is 1. The molecule has 7 heteroatoms. The standard InChI is InChI=1S/C11H15Cl2NO2S2/c1-8-7-10(17-11(8)13)18(15,16)14(6-5-12)9-3-2-4-9/h7,9H,2-6H2,1H3. The van der Waals surface area contributed by atoms with E-state index in [1.165, 1.54) is 4.31 Å². The fourth-order valence-corrected chi connectivity index (χ4v) is 5.74. The zero-order chi connectivity index (χ0) is 13.3. The summed E-state index contributed by atoms with van der Waals surface area (Å²) in [6.45, 7) is 2.18. The molecule has 1 aliphatic carbocycles. The molecular weight excluding hydrogens is 313 g/mol. The zero-order valence-corrected chi connectivity index (χ0v) is 13.2. The molecule has 1 saturated carbocycles. The van der Waals surface area contributed by atoms with Gasteiger partial charge in [-0.2, -0.15) is 4.31 Å². The molecule has 0 aliphatic heterocycles. The summed E-state index contributed by atoms with van der Waals surface area (Å²) in [4.78, 5) is 0. The van der Waals surface area contributed by atoms with Crippen LogP contribution in [0.15, 0.2) is 10.3 Å². The quantitative estimate of drug-likeness (QED) is 0.776. The second-order valence-electron chi connectivity index (χ2n) is 4.41. The molecule has 0 aromatic carbocycles. The SMILES string of the molecule is Cc1cc(S(=O)(=O)N(CCCl)C2CCC2)sc1Cl. The van der Waals surface area contributed by atoms with Gasteiger partial charge in [0.1, 0.15) is 4.21 Å². The van der Waals surface area contributed by atoms with Crippen molar-refractivity contribution in [1.29, 1.82) is 0 Å². The first-order valence-electron chi connectivity index (χ1n) is 5.80. The first-order chi connectivity index (χ1) is 8.46. The Morgan fingerprint density at radius 1 is 1.50 bits per heavy atom. The molecule has 0 N–H and O–H groups in total. The van der Waals surface area contributed by atoms with E-state index in [1.807, 2.05) is 6.92 Å². The van der Waals surface area contributed by atoms with Gasteiger partial charge in [-0.3, -0.25) is 0 Å². The largest absolute Gasteiger partial charge is 0.252 e. The minimum atomic E-state index is -3.44. The van der Waals surface area contributed by atoms with Gasteiger partial charge in [0.2, 0.25) is 0 Å². The highest BCUT2D eigenvalue weighted by Crippen LogP contribution is 2.35. The second kappa shape index (κ2) is 5.67. The zero-order valence-electron chi connectivity index (χ0n) is 10.0. The van der Waals surface area contributed by atoms with E-state index in [0.29, 0.717) is 21.0 Å². The average Bonchev–Trinajstić information content (AvgIpc) is 2.57. The predicted molar refractivity (Wildman–Crippen MR) is 76.3 cm³/mol. The highest BCUT2D eigenvalue weighted by molar-refractivity contribution is 7.91. The number of sulfonamides is 1. The lowest BCUT2D eigenvalue weighted by Crippen LogP contribution is -2.44. The number of hydrogen-bond acceptors (Lipinski definition) is 3. The predicted octanol–water partition coefficient (Wildman–Crippen LogP) is 3.49. The fraction of sp³-hybridized carbons (Fsp3) is 0.636. The van der Waals surface area contributed by atoms with Crippen LogP contribution in [0, 0.1) is 6.92 Å². The van der Waals surface area contributed by atoms with Gasteiger partial charge in [-0.1, -0.05) is 18.0 Å². The van der Waals surface area contributed by atoms with Crippen molar-refractivity contribution < 1.29 is 8.42 Å². The maximum atomic E-state index is 12.5. The van der Waals surface area contributed by atoms with Crippen LogP contribution >= 0.6 is 34.5 Å². The van der Waals surface area contributed by atoms with Crippen LogP contribution in [0.25, 0.3) is 0 Å². The maximum absolute atomic E-state index is 12.5. The number of alkyl halides is 1. The summed E-state index contributed by atoms with van der Waals surface area (Å²) < 4.78 is 27.5. The van der Waals surface area contributed by atoms with Gasteiger partial charge in [-0.25, -0.2) is 8.42 Å². The second-order valence-corrected chi connectivity index (χ2v) is 8.56. The van der Waals surface area contributed by atoms with Crippen LogP contribution in [0.5, 0.6) is 0 Å². The lowest BCUT2D eigenvalue weighted by Gasteiger charge is -2.35. The third-order valence-corrected chi connectivity index (χ3v) is 7.31. The van der Waals surface area contributed by atoms with Crippen molar-refractivity contribution in [2.45, 2.75) is 36.4 Å². The molecule has 18 heavy (non-hydrogen) atoms. The molecule has 1 aromatic rings. The van der Waals surface area contributed by atoms with Gasteiger partial charge >= 0.3 is 0 Å². The first-order valence-corrected chi connectivity index (χ1v) is 8.97. The van der Waals surface area contributed by atoms with Crippen molar-refractivity contribution in [2.24, 2.45) is 0 Å². The normalized spacial score (nSPS) is 17.1. The van der Waals surface area contributed by atoms with E-state index in [4.69, 9.17) is 23.2 Å². The molecule has 0 bridgehead atoms. The van der Waals surface area contributed by atoms with Crippen molar-refractivity contribution >= 4 is 44.6 Å². The van der Waals surface area contributed by atoms with Crippen molar-refractivity contribution in [3.8, 4) is 0 Å². The summed E-state index contributed by atoms with van der Waals surface area (Å²) in [5, 5.41) is 0. The number of aryl methyl sites for hydroxylation is 1. The number of hydrogen-bond donors (Lipinski definition) is 0. The van der Waals surface area contributed by atoms with Crippen molar-refractivity contribution in [3.63, 3.8) is 0 Å². The molecule has 2 rings (SSSR count). The molecule has 0 saturated heterocycles. The molecule has 0 unspecified atom stereocenters. The summed E-state index contributed by atoms with van der Waals surface area (Å²) in [5.74, 6) is 0.313. The molecule has 1 fully saturated rings. The summed E-state index contributed by atoms with van der Waals surface area (Å²) in [5.41, 5.74) is 0.805. The Kier molecular flexibility index (Phi) is 4.60. The number of halogens is 2. The fourth-order valence-electron chi connectivity index (χ4n) is 1.93. The molecule has 0 spiro atoms. The third-order valence-electron chi connectivity index (χ3n) is 3.18. The summed E-state index contributed by atoms with van der Waals surface area (Å²) in [6, 6.07) is 1.75. The third kappa shape index (κ3) is 2.70. The van der Waals surface area contributed by atoms with Crippen molar-refractivity contribution in [2.75, 3.05) is 12.4 Å². The Bertz CT molecular complexity index is 504. The maximum Gasteiger partial charge on any atom is 0.252 e. The van der Waals surface area contributed by atoms with Gasteiger partial charge in [-0.05, 0) is 31.4 Å². The van der Waals surface area contributed by atoms with Crippen LogP contribution in [-0.2, 0) is 10.0 Å². The minimum Gasteiger partial charge on any atom is -0.206 e. The Morgan fingerprint density at radius 2 is 2.17 bits per heavy atom. The molecule has 0 radical (unpaired) electrons. The molecular formula is C11H15Cl2NO2S2. The molecule has 0 atom stereocenters. The molecule has 0 amide bonds. The van der Waals surface area contributed by atoms with Crippen molar-refractivity contribution in [3.05, 3.63) is 16.0 Å². The van der Waals surface area contributed by atoms with Gasteiger partial charge in [0, 0.05) is 18.5 Å². The van der Waals surface area contributed by atoms with Gasteiger partial charge < -0.3 is 0 Å². The highest BCUT2D eigenvalue weighted by atomic mass is 35.5.